The Morgan fingerprint density at radius 2 is 1.43 bits per heavy atom. The van der Waals surface area contributed by atoms with Gasteiger partial charge in [0.05, 0.1) is 12.2 Å². The standard InChI is InChI=1S/C28H50O2/c1-17(2)18(3)7-8-19(4)22-9-10-23-21-16-26(30)25-15-20(29)11-13-28(25,6)24(21)12-14-27(22,23)5/h17-26,29-30H,7-16H2,1-6H3/t18-,19-,20?,21+,22-,23+,24+,25?,26?,27-,28-/m1/s1. The SMILES string of the molecule is CC(C)[C@H](C)CC[C@@H](C)[C@H]1CC[C@H]2[C@@H]3CC(O)C4CC(O)CC[C@]4(C)[C@H]3CC[C@]12C. The fraction of sp³-hybridized carbons (Fsp3) is 1.00. The van der Waals surface area contributed by atoms with Gasteiger partial charge >= 0.3 is 0 Å². The van der Waals surface area contributed by atoms with Crippen LogP contribution in [0.5, 0.6) is 0 Å². The zero-order chi connectivity index (χ0) is 21.8. The number of fused-ring (bicyclic) bond motifs is 5. The van der Waals surface area contributed by atoms with Crippen LogP contribution in [0.25, 0.3) is 0 Å². The van der Waals surface area contributed by atoms with Crippen molar-refractivity contribution in [2.24, 2.45) is 58.2 Å². The number of hydrogen-bond acceptors (Lipinski definition) is 2. The maximum absolute atomic E-state index is 11.2. The highest BCUT2D eigenvalue weighted by atomic mass is 16.3. The van der Waals surface area contributed by atoms with E-state index < -0.39 is 0 Å². The Balaban J connectivity index is 1.49. The molecular weight excluding hydrogens is 368 g/mol. The van der Waals surface area contributed by atoms with Gasteiger partial charge in [0.25, 0.3) is 0 Å². The predicted molar refractivity (Wildman–Crippen MR) is 125 cm³/mol. The van der Waals surface area contributed by atoms with Crippen LogP contribution >= 0.6 is 0 Å². The molecule has 4 fully saturated rings. The molecule has 4 aliphatic rings. The summed E-state index contributed by atoms with van der Waals surface area (Å²) in [6.07, 6.45) is 11.8. The molecule has 0 heterocycles. The Bertz CT molecular complexity index is 601. The maximum Gasteiger partial charge on any atom is 0.0577 e. The summed E-state index contributed by atoms with van der Waals surface area (Å²) >= 11 is 0. The van der Waals surface area contributed by atoms with E-state index in [1.807, 2.05) is 0 Å². The van der Waals surface area contributed by atoms with Crippen LogP contribution in [-0.4, -0.2) is 22.4 Å². The average molecular weight is 419 g/mol. The molecule has 4 rings (SSSR count). The minimum atomic E-state index is -0.197. The molecule has 174 valence electrons. The van der Waals surface area contributed by atoms with Crippen molar-refractivity contribution in [1.82, 2.24) is 0 Å². The van der Waals surface area contributed by atoms with Crippen LogP contribution in [-0.2, 0) is 0 Å². The molecule has 2 N–H and O–H groups in total. The number of hydrogen-bond donors (Lipinski definition) is 2. The van der Waals surface area contributed by atoms with E-state index in [4.69, 9.17) is 0 Å². The largest absolute Gasteiger partial charge is 0.393 e. The van der Waals surface area contributed by atoms with Crippen LogP contribution in [0.3, 0.4) is 0 Å². The summed E-state index contributed by atoms with van der Waals surface area (Å²) in [5.74, 6) is 5.95. The monoisotopic (exact) mass is 418 g/mol. The molecule has 0 aliphatic heterocycles. The lowest BCUT2D eigenvalue weighted by atomic mass is 9.43. The molecule has 30 heavy (non-hydrogen) atoms. The van der Waals surface area contributed by atoms with Gasteiger partial charge in [-0.2, -0.15) is 0 Å². The van der Waals surface area contributed by atoms with E-state index in [-0.39, 0.29) is 17.6 Å². The Morgan fingerprint density at radius 1 is 0.767 bits per heavy atom. The number of rotatable bonds is 5. The summed E-state index contributed by atoms with van der Waals surface area (Å²) in [6, 6.07) is 0. The first kappa shape index (κ1) is 23.1. The number of aliphatic hydroxyl groups excluding tert-OH is 2. The van der Waals surface area contributed by atoms with Gasteiger partial charge in [-0.15, -0.1) is 0 Å². The molecule has 0 bridgehead atoms. The van der Waals surface area contributed by atoms with Crippen LogP contribution in [0.4, 0.5) is 0 Å². The normalized spacial score (nSPS) is 50.5. The molecule has 3 unspecified atom stereocenters. The molecule has 11 atom stereocenters. The number of aliphatic hydroxyl groups is 2. The third-order valence-electron chi connectivity index (χ3n) is 11.6. The highest BCUT2D eigenvalue weighted by molar-refractivity contribution is 5.11. The molecule has 0 aromatic heterocycles. The molecule has 0 radical (unpaired) electrons. The van der Waals surface area contributed by atoms with Crippen LogP contribution in [0.1, 0.15) is 106 Å². The average Bonchev–Trinajstić information content (AvgIpc) is 3.04. The van der Waals surface area contributed by atoms with Crippen molar-refractivity contribution in [1.29, 1.82) is 0 Å². The van der Waals surface area contributed by atoms with E-state index in [2.05, 4.69) is 41.5 Å². The first-order chi connectivity index (χ1) is 14.1. The van der Waals surface area contributed by atoms with Gasteiger partial charge in [-0.1, -0.05) is 54.4 Å². The third-order valence-corrected chi connectivity index (χ3v) is 11.6. The lowest BCUT2D eigenvalue weighted by Gasteiger charge is -2.62. The quantitative estimate of drug-likeness (QED) is 0.522. The van der Waals surface area contributed by atoms with Gasteiger partial charge in [0.2, 0.25) is 0 Å². The summed E-state index contributed by atoms with van der Waals surface area (Å²) in [5.41, 5.74) is 0.734. The molecule has 2 nitrogen and oxygen atoms in total. The van der Waals surface area contributed by atoms with Gasteiger partial charge in [0, 0.05) is 0 Å². The summed E-state index contributed by atoms with van der Waals surface area (Å²) < 4.78 is 0. The zero-order valence-electron chi connectivity index (χ0n) is 20.7. The fourth-order valence-corrected chi connectivity index (χ4v) is 9.31. The van der Waals surface area contributed by atoms with E-state index in [9.17, 15) is 10.2 Å². The molecule has 0 aromatic rings. The van der Waals surface area contributed by atoms with Crippen molar-refractivity contribution in [3.05, 3.63) is 0 Å². The van der Waals surface area contributed by atoms with Crippen molar-refractivity contribution in [3.63, 3.8) is 0 Å². The van der Waals surface area contributed by atoms with Gasteiger partial charge in [0.15, 0.2) is 0 Å². The second kappa shape index (κ2) is 8.36. The Kier molecular flexibility index (Phi) is 6.44. The second-order valence-electron chi connectivity index (χ2n) is 13.2. The van der Waals surface area contributed by atoms with Gasteiger partial charge in [-0.25, -0.2) is 0 Å². The Hall–Kier alpha value is -0.0800. The van der Waals surface area contributed by atoms with Crippen LogP contribution in [0, 0.1) is 58.2 Å². The van der Waals surface area contributed by atoms with E-state index in [1.165, 1.54) is 38.5 Å². The van der Waals surface area contributed by atoms with Crippen molar-refractivity contribution in [3.8, 4) is 0 Å². The topological polar surface area (TPSA) is 40.5 Å². The molecule has 0 amide bonds. The minimum absolute atomic E-state index is 0.187. The maximum atomic E-state index is 11.2. The van der Waals surface area contributed by atoms with Gasteiger partial charge in [-0.05, 0) is 110 Å². The highest BCUT2D eigenvalue weighted by Gasteiger charge is 2.62. The van der Waals surface area contributed by atoms with Gasteiger partial charge < -0.3 is 10.2 Å². The molecule has 2 heteroatoms. The summed E-state index contributed by atoms with van der Waals surface area (Å²) in [7, 11) is 0. The summed E-state index contributed by atoms with van der Waals surface area (Å²) in [4.78, 5) is 0. The van der Waals surface area contributed by atoms with Crippen molar-refractivity contribution in [2.75, 3.05) is 0 Å². The second-order valence-corrected chi connectivity index (χ2v) is 13.2. The van der Waals surface area contributed by atoms with E-state index in [1.54, 1.807) is 0 Å². The van der Waals surface area contributed by atoms with Crippen molar-refractivity contribution < 1.29 is 10.2 Å². The molecule has 4 aliphatic carbocycles. The van der Waals surface area contributed by atoms with E-state index in [0.29, 0.717) is 17.3 Å². The summed E-state index contributed by atoms with van der Waals surface area (Å²) in [6.45, 7) is 14.8. The molecular formula is C28H50O2. The molecule has 4 saturated carbocycles. The smallest absolute Gasteiger partial charge is 0.0577 e. The van der Waals surface area contributed by atoms with Crippen LogP contribution < -0.4 is 0 Å². The van der Waals surface area contributed by atoms with Crippen molar-refractivity contribution in [2.45, 2.75) is 118 Å². The van der Waals surface area contributed by atoms with Gasteiger partial charge in [0.1, 0.15) is 0 Å². The molecule has 0 saturated heterocycles. The van der Waals surface area contributed by atoms with Crippen LogP contribution in [0.2, 0.25) is 0 Å². The lowest BCUT2D eigenvalue weighted by Crippen LogP contribution is -2.58. The van der Waals surface area contributed by atoms with E-state index >= 15 is 0 Å². The highest BCUT2D eigenvalue weighted by Crippen LogP contribution is 2.68. The Labute approximate surface area is 186 Å². The lowest BCUT2D eigenvalue weighted by molar-refractivity contribution is -0.172. The van der Waals surface area contributed by atoms with Crippen molar-refractivity contribution >= 4 is 0 Å². The molecule has 0 spiro atoms. The molecule has 0 aromatic carbocycles. The predicted octanol–water partition coefficient (Wildman–Crippen LogP) is 6.69. The fourth-order valence-electron chi connectivity index (χ4n) is 9.31. The summed E-state index contributed by atoms with van der Waals surface area (Å²) in [5, 5.41) is 21.5. The Morgan fingerprint density at radius 3 is 2.13 bits per heavy atom. The first-order valence-corrected chi connectivity index (χ1v) is 13.4. The van der Waals surface area contributed by atoms with E-state index in [0.717, 1.165) is 61.2 Å². The first-order valence-electron chi connectivity index (χ1n) is 13.4. The third kappa shape index (κ3) is 3.70. The minimum Gasteiger partial charge on any atom is -0.393 e. The van der Waals surface area contributed by atoms with Crippen LogP contribution in [0.15, 0.2) is 0 Å². The van der Waals surface area contributed by atoms with Gasteiger partial charge in [-0.3, -0.25) is 0 Å². The zero-order valence-corrected chi connectivity index (χ0v) is 20.7.